The molecule has 0 bridgehead atoms. The second-order valence-electron chi connectivity index (χ2n) is 6.96. The van der Waals surface area contributed by atoms with Gasteiger partial charge in [-0.15, -0.1) is 0 Å². The molecule has 1 heterocycles. The van der Waals surface area contributed by atoms with Crippen LogP contribution in [0.15, 0.2) is 53.0 Å². The van der Waals surface area contributed by atoms with E-state index in [-0.39, 0.29) is 11.9 Å². The first-order chi connectivity index (χ1) is 13.2. The zero-order valence-electron chi connectivity index (χ0n) is 15.8. The Hall–Kier alpha value is -1.85. The largest absolute Gasteiger partial charge is 0.496 e. The summed E-state index contributed by atoms with van der Waals surface area (Å²) in [6.07, 6.45) is 4.09. The van der Waals surface area contributed by atoms with Gasteiger partial charge in [0, 0.05) is 16.6 Å². The summed E-state index contributed by atoms with van der Waals surface area (Å²) in [7, 11) is 1.71. The number of nitrogens with one attached hydrogen (secondary N) is 1. The molecule has 1 saturated heterocycles. The number of benzene rings is 2. The summed E-state index contributed by atoms with van der Waals surface area (Å²) in [5.74, 6) is 0.935. The summed E-state index contributed by atoms with van der Waals surface area (Å²) < 4.78 is 6.61. The third-order valence-electron chi connectivity index (χ3n) is 5.10. The van der Waals surface area contributed by atoms with Crippen molar-refractivity contribution in [3.8, 4) is 5.75 Å². The van der Waals surface area contributed by atoms with Crippen molar-refractivity contribution >= 4 is 21.8 Å². The van der Waals surface area contributed by atoms with E-state index in [2.05, 4.69) is 32.2 Å². The van der Waals surface area contributed by atoms with Crippen LogP contribution in [0.3, 0.4) is 0 Å². The van der Waals surface area contributed by atoms with Gasteiger partial charge in [-0.25, -0.2) is 0 Å². The fourth-order valence-corrected chi connectivity index (χ4v) is 3.93. The van der Waals surface area contributed by atoms with Crippen molar-refractivity contribution in [3.05, 3.63) is 64.1 Å². The molecule has 1 unspecified atom stereocenters. The summed E-state index contributed by atoms with van der Waals surface area (Å²) in [4.78, 5) is 15.0. The normalized spacial score (nSPS) is 15.9. The number of hydrogen-bond acceptors (Lipinski definition) is 3. The lowest BCUT2D eigenvalue weighted by molar-refractivity contribution is -0.120. The zero-order valence-corrected chi connectivity index (χ0v) is 17.4. The van der Waals surface area contributed by atoms with Gasteiger partial charge in [0.1, 0.15) is 5.75 Å². The number of carbonyl (C=O) groups is 1. The number of hydrogen-bond donors (Lipinski definition) is 1. The van der Waals surface area contributed by atoms with Gasteiger partial charge in [-0.3, -0.25) is 9.69 Å². The van der Waals surface area contributed by atoms with Gasteiger partial charge in [0.05, 0.1) is 19.6 Å². The number of likely N-dealkylation sites (tertiary alicyclic amines) is 1. The molecule has 0 spiro atoms. The summed E-state index contributed by atoms with van der Waals surface area (Å²) in [6, 6.07) is 16.2. The molecular formula is C22H27BrN2O2. The van der Waals surface area contributed by atoms with E-state index in [4.69, 9.17) is 4.74 Å². The standard InChI is InChI=1S/C22H27BrN2O2/c1-27-21-8-4-3-7-19(21)20(25-13-5-2-6-14-25)16-24-22(26)15-17-9-11-18(23)12-10-17/h3-4,7-12,20H,2,5-6,13-16H2,1H3,(H,24,26). The molecule has 1 atom stereocenters. The number of rotatable bonds is 7. The topological polar surface area (TPSA) is 41.6 Å². The van der Waals surface area contributed by atoms with Crippen LogP contribution in [0.1, 0.15) is 36.4 Å². The number of halogens is 1. The third-order valence-corrected chi connectivity index (χ3v) is 5.63. The molecule has 4 nitrogen and oxygen atoms in total. The van der Waals surface area contributed by atoms with Crippen LogP contribution in [-0.4, -0.2) is 37.6 Å². The molecule has 1 aliphatic rings. The summed E-state index contributed by atoms with van der Waals surface area (Å²) >= 11 is 3.43. The molecule has 27 heavy (non-hydrogen) atoms. The predicted molar refractivity (Wildman–Crippen MR) is 112 cm³/mol. The molecule has 144 valence electrons. The monoisotopic (exact) mass is 430 g/mol. The fraction of sp³-hybridized carbons (Fsp3) is 0.409. The maximum absolute atomic E-state index is 12.5. The molecule has 1 aliphatic heterocycles. The van der Waals surface area contributed by atoms with E-state index in [1.807, 2.05) is 42.5 Å². The van der Waals surface area contributed by atoms with E-state index >= 15 is 0 Å². The molecule has 0 saturated carbocycles. The Balaban J connectivity index is 1.69. The van der Waals surface area contributed by atoms with Crippen molar-refractivity contribution in [3.63, 3.8) is 0 Å². The van der Waals surface area contributed by atoms with Gasteiger partial charge in [0.2, 0.25) is 5.91 Å². The van der Waals surface area contributed by atoms with Crippen LogP contribution in [0.5, 0.6) is 5.75 Å². The molecule has 5 heteroatoms. The Labute approximate surface area is 170 Å². The first kappa shape index (κ1) is 19.9. The minimum Gasteiger partial charge on any atom is -0.496 e. The minimum absolute atomic E-state index is 0.0502. The smallest absolute Gasteiger partial charge is 0.224 e. The molecule has 0 radical (unpaired) electrons. The van der Waals surface area contributed by atoms with Crippen molar-refractivity contribution in [1.29, 1.82) is 0 Å². The number of nitrogens with zero attached hydrogens (tertiary/aromatic N) is 1. The number of carbonyl (C=O) groups excluding carboxylic acids is 1. The molecule has 2 aromatic carbocycles. The summed E-state index contributed by atoms with van der Waals surface area (Å²) in [6.45, 7) is 2.71. The Morgan fingerprint density at radius 2 is 1.81 bits per heavy atom. The zero-order chi connectivity index (χ0) is 19.1. The quantitative estimate of drug-likeness (QED) is 0.709. The Bertz CT molecular complexity index is 742. The van der Waals surface area contributed by atoms with E-state index in [9.17, 15) is 4.79 Å². The molecule has 1 N–H and O–H groups in total. The minimum atomic E-state index is 0.0502. The number of piperidine rings is 1. The molecule has 3 rings (SSSR count). The Morgan fingerprint density at radius 1 is 1.11 bits per heavy atom. The van der Waals surface area contributed by atoms with E-state index < -0.39 is 0 Å². The van der Waals surface area contributed by atoms with Crippen LogP contribution in [-0.2, 0) is 11.2 Å². The van der Waals surface area contributed by atoms with Crippen LogP contribution >= 0.6 is 15.9 Å². The van der Waals surface area contributed by atoms with Crippen LogP contribution in [0, 0.1) is 0 Å². The van der Waals surface area contributed by atoms with Crippen LogP contribution in [0.25, 0.3) is 0 Å². The lowest BCUT2D eigenvalue weighted by atomic mass is 10.0. The number of methoxy groups -OCH3 is 1. The molecule has 1 fully saturated rings. The SMILES string of the molecule is COc1ccccc1C(CNC(=O)Cc1ccc(Br)cc1)N1CCCCC1. The highest BCUT2D eigenvalue weighted by atomic mass is 79.9. The average Bonchev–Trinajstić information content (AvgIpc) is 2.71. The van der Waals surface area contributed by atoms with Crippen molar-refractivity contribution in [1.82, 2.24) is 10.2 Å². The lowest BCUT2D eigenvalue weighted by Crippen LogP contribution is -2.41. The van der Waals surface area contributed by atoms with E-state index in [0.717, 1.165) is 34.4 Å². The van der Waals surface area contributed by atoms with E-state index in [1.165, 1.54) is 19.3 Å². The third kappa shape index (κ3) is 5.56. The lowest BCUT2D eigenvalue weighted by Gasteiger charge is -2.35. The van der Waals surface area contributed by atoms with E-state index in [0.29, 0.717) is 13.0 Å². The van der Waals surface area contributed by atoms with Gasteiger partial charge in [0.25, 0.3) is 0 Å². The fourth-order valence-electron chi connectivity index (χ4n) is 3.67. The van der Waals surface area contributed by atoms with Crippen LogP contribution in [0.2, 0.25) is 0 Å². The van der Waals surface area contributed by atoms with Crippen LogP contribution < -0.4 is 10.1 Å². The highest BCUT2D eigenvalue weighted by Crippen LogP contribution is 2.30. The Morgan fingerprint density at radius 3 is 2.52 bits per heavy atom. The first-order valence-corrected chi connectivity index (χ1v) is 10.3. The highest BCUT2D eigenvalue weighted by Gasteiger charge is 2.25. The second kappa shape index (κ2) is 9.90. The average molecular weight is 431 g/mol. The van der Waals surface area contributed by atoms with Crippen molar-refractivity contribution < 1.29 is 9.53 Å². The van der Waals surface area contributed by atoms with Gasteiger partial charge in [-0.05, 0) is 49.7 Å². The van der Waals surface area contributed by atoms with E-state index in [1.54, 1.807) is 7.11 Å². The van der Waals surface area contributed by atoms with Crippen molar-refractivity contribution in [2.24, 2.45) is 0 Å². The number of ether oxygens (including phenoxy) is 1. The number of para-hydroxylation sites is 1. The molecule has 0 aromatic heterocycles. The van der Waals surface area contributed by atoms with Gasteiger partial charge in [-0.2, -0.15) is 0 Å². The Kier molecular flexibility index (Phi) is 7.30. The van der Waals surface area contributed by atoms with Crippen molar-refractivity contribution in [2.75, 3.05) is 26.7 Å². The van der Waals surface area contributed by atoms with Gasteiger partial charge < -0.3 is 10.1 Å². The molecule has 0 aliphatic carbocycles. The highest BCUT2D eigenvalue weighted by molar-refractivity contribution is 9.10. The maximum Gasteiger partial charge on any atom is 0.224 e. The van der Waals surface area contributed by atoms with Gasteiger partial charge in [-0.1, -0.05) is 52.7 Å². The van der Waals surface area contributed by atoms with Crippen LogP contribution in [0.4, 0.5) is 0 Å². The summed E-state index contributed by atoms with van der Waals surface area (Å²) in [5.41, 5.74) is 2.16. The van der Waals surface area contributed by atoms with Gasteiger partial charge in [0.15, 0.2) is 0 Å². The predicted octanol–water partition coefficient (Wildman–Crippen LogP) is 4.34. The summed E-state index contributed by atoms with van der Waals surface area (Å²) in [5, 5.41) is 3.15. The number of amides is 1. The molecule has 1 amide bonds. The first-order valence-electron chi connectivity index (χ1n) is 9.55. The maximum atomic E-state index is 12.5. The second-order valence-corrected chi connectivity index (χ2v) is 7.88. The molecule has 2 aromatic rings. The molecular weight excluding hydrogens is 404 g/mol. The van der Waals surface area contributed by atoms with Gasteiger partial charge >= 0.3 is 0 Å². The van der Waals surface area contributed by atoms with Crippen molar-refractivity contribution in [2.45, 2.75) is 31.7 Å².